The van der Waals surface area contributed by atoms with Crippen molar-refractivity contribution in [1.82, 2.24) is 19.9 Å². The third-order valence-corrected chi connectivity index (χ3v) is 12.6. The number of halogens is 2. The first kappa shape index (κ1) is 59.5. The van der Waals surface area contributed by atoms with E-state index in [2.05, 4.69) is 50.3 Å². The number of hydrogen-bond acceptors (Lipinski definition) is 5. The second-order valence-corrected chi connectivity index (χ2v) is 18.4. The Balaban J connectivity index is 0.000000214. The number of rotatable bonds is 8. The summed E-state index contributed by atoms with van der Waals surface area (Å²) in [4.78, 5) is 17.8. The fraction of sp³-hybridized carbons (Fsp3) is 0.0548. The average molecular weight is 1810 g/mol. The second kappa shape index (κ2) is 33.6. The summed E-state index contributed by atoms with van der Waals surface area (Å²) in [5.41, 5.74) is 18.4. The summed E-state index contributed by atoms with van der Waals surface area (Å²) < 4.78 is 65.7. The predicted molar refractivity (Wildman–Crippen MR) is 319 cm³/mol. The van der Waals surface area contributed by atoms with Gasteiger partial charge in [0.1, 0.15) is 11.6 Å². The van der Waals surface area contributed by atoms with Crippen molar-refractivity contribution in [3.8, 4) is 95.6 Å². The molecule has 0 unspecified atom stereocenters. The molecule has 0 spiro atoms. The van der Waals surface area contributed by atoms with Gasteiger partial charge in [-0.25, -0.2) is 8.78 Å². The molecule has 0 saturated carbocycles. The van der Waals surface area contributed by atoms with E-state index < -0.39 is 6.04 Å². The van der Waals surface area contributed by atoms with Gasteiger partial charge in [0.2, 0.25) is 0 Å². The summed E-state index contributed by atoms with van der Waals surface area (Å²) in [6, 6.07) is 73.1. The Morgan fingerprint density at radius 1 is 0.405 bits per heavy atom. The normalized spacial score (nSPS) is 10.7. The molecule has 8 aromatic carbocycles. The van der Waals surface area contributed by atoms with E-state index in [0.29, 0.717) is 11.1 Å². The van der Waals surface area contributed by atoms with E-state index in [4.69, 9.17) is 12.1 Å². The first-order chi connectivity index (χ1) is 41.1. The Labute approximate surface area is 552 Å². The van der Waals surface area contributed by atoms with Gasteiger partial charge in [0.25, 0.3) is 0 Å². The van der Waals surface area contributed by atoms with Gasteiger partial charge in [0, 0.05) is 111 Å². The maximum absolute atomic E-state index is 13.1. The zero-order valence-electron chi connectivity index (χ0n) is 50.6. The fourth-order valence-corrected chi connectivity index (χ4v) is 8.53. The van der Waals surface area contributed by atoms with E-state index in [1.807, 2.05) is 192 Å². The van der Waals surface area contributed by atoms with Crippen molar-refractivity contribution in [3.05, 3.63) is 313 Å². The van der Waals surface area contributed by atoms with Gasteiger partial charge in [-0.3, -0.25) is 0 Å². The van der Waals surface area contributed by atoms with Crippen LogP contribution in [0.15, 0.2) is 249 Å². The molecule has 11 heteroatoms. The monoisotopic (exact) mass is 1810 g/mol. The van der Waals surface area contributed by atoms with Crippen LogP contribution in [0.1, 0.15) is 34.7 Å². The molecule has 0 aliphatic carbocycles. The molecule has 12 rings (SSSR count). The molecule has 0 saturated heterocycles. The maximum atomic E-state index is 13.1. The molecule has 424 valence electrons. The van der Waals surface area contributed by atoms with Crippen LogP contribution in [0.4, 0.5) is 8.78 Å². The first-order valence-corrected chi connectivity index (χ1v) is 25.5. The second-order valence-electron chi connectivity index (χ2n) is 18.4. The number of aryl methyl sites for hydroxylation is 4. The Kier molecular flexibility index (Phi) is 23.8. The van der Waals surface area contributed by atoms with E-state index >= 15 is 0 Å². The van der Waals surface area contributed by atoms with Gasteiger partial charge >= 0.3 is 0 Å². The minimum atomic E-state index is -0.393. The molecule has 84 heavy (non-hydrogen) atoms. The van der Waals surface area contributed by atoms with Crippen molar-refractivity contribution in [2.75, 3.05) is 0 Å². The topological polar surface area (TPSA) is 75.3 Å². The summed E-state index contributed by atoms with van der Waals surface area (Å²) in [6.07, 6.45) is 7.03. The van der Waals surface area contributed by atoms with Crippen LogP contribution in [0.5, 0.6) is 0 Å². The standard InChI is InChI=1S/C20H18N.C18H13FN.C18H11N2.C17H11FN.4Ir/c1-14-9-15(2)11-18(10-14)20-12-16(3)19(13-21-20)17-7-5-4-6-8-17;1-13-11-16(19)8-9-17(13)15-7-10-18(20-12-15)14-5-3-2-4-6-14;19-12-14-6-8-15(9-7-14)17-10-11-18(20-13-17)16-4-2-1-3-5-16;18-16-9-6-13(7-10-16)15-8-11-17(19-12-15)14-4-2-1-3-5-14;;;;/h4-10,12-13H,1-3H3;2-5,7-12H,1H3;1-4,6-11,13H;1-4,6-12H;;;;/q4*-1;;;;/i4D,5D,6D,7D,8D;;;;;;;. The van der Waals surface area contributed by atoms with Gasteiger partial charge in [0.15, 0.2) is 0 Å². The largest absolute Gasteiger partial charge is 0.304 e. The molecule has 4 heterocycles. The number of pyridine rings is 4. The SMILES string of the molecule is Cc1cc(F)ccc1-c1ccc(-c2[c-]cccc2)nc1.Fc1ccc(-c2ccc(-c3[c-]cccc3)nc2)cc1.N#Cc1ccc(-c2ccc(-c3[c-]cccc3)nc2)cc1.[2H]c1c([2H])c([2H])c(-c2cnc(-c3[c-]c(C)cc(C)c3)cc2C)c([2H])c1[2H].[Ir].[Ir].[Ir].[Ir]. The van der Waals surface area contributed by atoms with Crippen molar-refractivity contribution in [1.29, 1.82) is 5.26 Å². The third kappa shape index (κ3) is 18.7. The molecule has 5 nitrogen and oxygen atoms in total. The summed E-state index contributed by atoms with van der Waals surface area (Å²) in [7, 11) is 0. The molecule has 12 aromatic rings. The smallest absolute Gasteiger partial charge is 0.123 e. The summed E-state index contributed by atoms with van der Waals surface area (Å²) in [5.74, 6) is -0.443. The van der Waals surface area contributed by atoms with Crippen LogP contribution >= 0.6 is 0 Å². The molecule has 0 fully saturated rings. The van der Waals surface area contributed by atoms with Gasteiger partial charge in [-0.05, 0) is 123 Å². The number of nitriles is 1. The van der Waals surface area contributed by atoms with Crippen LogP contribution in [0.3, 0.4) is 0 Å². The quantitative estimate of drug-likeness (QED) is 0.142. The van der Waals surface area contributed by atoms with Crippen molar-refractivity contribution < 1.29 is 96.1 Å². The van der Waals surface area contributed by atoms with E-state index in [9.17, 15) is 8.78 Å². The minimum Gasteiger partial charge on any atom is -0.304 e. The number of nitrogens with zero attached hydrogens (tertiary/aromatic N) is 5. The van der Waals surface area contributed by atoms with E-state index in [0.717, 1.165) is 101 Å². The number of aromatic nitrogens is 4. The minimum absolute atomic E-state index is 0. The molecule has 0 amide bonds. The Bertz CT molecular complexity index is 4240. The van der Waals surface area contributed by atoms with E-state index in [-0.39, 0.29) is 122 Å². The van der Waals surface area contributed by atoms with Crippen molar-refractivity contribution >= 4 is 0 Å². The van der Waals surface area contributed by atoms with Gasteiger partial charge in [-0.15, -0.1) is 143 Å². The fourth-order valence-electron chi connectivity index (χ4n) is 8.53. The molecule has 4 aromatic heterocycles. The van der Waals surface area contributed by atoms with Crippen LogP contribution < -0.4 is 0 Å². The van der Waals surface area contributed by atoms with Crippen molar-refractivity contribution in [2.45, 2.75) is 27.7 Å². The van der Waals surface area contributed by atoms with Gasteiger partial charge in [-0.2, -0.15) is 5.26 Å². The summed E-state index contributed by atoms with van der Waals surface area (Å²) in [5, 5.41) is 8.80. The predicted octanol–water partition coefficient (Wildman–Crippen LogP) is 18.2. The van der Waals surface area contributed by atoms with Crippen molar-refractivity contribution in [2.24, 2.45) is 0 Å². The molecule has 4 radical (unpaired) electrons. The average Bonchev–Trinajstić information content (AvgIpc) is 2.35. The molecule has 0 bridgehead atoms. The summed E-state index contributed by atoms with van der Waals surface area (Å²) in [6.45, 7) is 7.74. The van der Waals surface area contributed by atoms with Gasteiger partial charge < -0.3 is 19.9 Å². The van der Waals surface area contributed by atoms with Crippen LogP contribution in [-0.2, 0) is 80.4 Å². The van der Waals surface area contributed by atoms with Crippen LogP contribution in [0, 0.1) is 74.9 Å². The molecule has 0 aliphatic rings. The Hall–Kier alpha value is -7.69. The number of benzene rings is 8. The first-order valence-electron chi connectivity index (χ1n) is 28.0. The third-order valence-electron chi connectivity index (χ3n) is 12.6. The van der Waals surface area contributed by atoms with Crippen LogP contribution in [-0.4, -0.2) is 19.9 Å². The van der Waals surface area contributed by atoms with Gasteiger partial charge in [-0.1, -0.05) is 117 Å². The molecule has 0 aliphatic heterocycles. The van der Waals surface area contributed by atoms with E-state index in [1.165, 1.54) is 24.3 Å². The van der Waals surface area contributed by atoms with Crippen LogP contribution in [0.25, 0.3) is 89.5 Å². The van der Waals surface area contributed by atoms with Gasteiger partial charge in [0.05, 0.1) is 18.5 Å². The van der Waals surface area contributed by atoms with E-state index in [1.54, 1.807) is 30.6 Å². The zero-order valence-corrected chi connectivity index (χ0v) is 55.2. The molecule has 0 atom stereocenters. The molecular formula is C73H53F2Ir4N5-4. The molecular weight excluding hydrogens is 1750 g/mol. The summed E-state index contributed by atoms with van der Waals surface area (Å²) >= 11 is 0. The Morgan fingerprint density at radius 3 is 1.29 bits per heavy atom. The molecule has 0 N–H and O–H groups in total. The Morgan fingerprint density at radius 2 is 0.857 bits per heavy atom. The van der Waals surface area contributed by atoms with Crippen LogP contribution in [0.2, 0.25) is 0 Å². The maximum Gasteiger partial charge on any atom is 0.123 e. The number of hydrogen-bond donors (Lipinski definition) is 0. The zero-order chi connectivity index (χ0) is 60.0. The van der Waals surface area contributed by atoms with Crippen molar-refractivity contribution in [3.63, 3.8) is 0 Å².